The average molecular weight is 261 g/mol. The Balaban J connectivity index is 2.27. The number of carbonyl (C=O) groups is 3. The number of aliphatic carboxylic acids is 1. The fourth-order valence-electron chi connectivity index (χ4n) is 1.80. The molecule has 0 bridgehead atoms. The third-order valence-electron chi connectivity index (χ3n) is 2.73. The molecule has 94 valence electrons. The highest BCUT2D eigenvalue weighted by Crippen LogP contribution is 2.35. The fraction of sp³-hybridized carbons (Fsp3) is 0.667. The third kappa shape index (κ3) is 1.77. The van der Waals surface area contributed by atoms with Crippen LogP contribution in [0.15, 0.2) is 0 Å². The van der Waals surface area contributed by atoms with Crippen LogP contribution in [0.4, 0.5) is 0 Å². The monoisotopic (exact) mass is 261 g/mol. The van der Waals surface area contributed by atoms with E-state index in [2.05, 4.69) is 0 Å². The van der Waals surface area contributed by atoms with Crippen LogP contribution in [-0.2, 0) is 24.0 Å². The first-order chi connectivity index (χ1) is 8.01. The van der Waals surface area contributed by atoms with Crippen molar-refractivity contribution in [3.63, 3.8) is 0 Å². The molecule has 2 saturated heterocycles. The van der Waals surface area contributed by atoms with Crippen molar-refractivity contribution in [2.45, 2.75) is 23.8 Å². The van der Waals surface area contributed by atoms with Crippen molar-refractivity contribution in [1.29, 1.82) is 0 Å². The van der Waals surface area contributed by atoms with E-state index in [0.29, 0.717) is 5.06 Å². The molecule has 1 amide bonds. The van der Waals surface area contributed by atoms with E-state index in [-0.39, 0.29) is 19.4 Å². The highest BCUT2D eigenvalue weighted by atomic mass is 32.2. The summed E-state index contributed by atoms with van der Waals surface area (Å²) >= 11 is 1.26. The van der Waals surface area contributed by atoms with Crippen LogP contribution >= 0.6 is 11.8 Å². The number of hydrogen-bond donors (Lipinski definition) is 1. The van der Waals surface area contributed by atoms with E-state index in [1.807, 2.05) is 0 Å². The molecule has 2 rings (SSSR count). The number of amides is 1. The Hall–Kier alpha value is -1.28. The highest BCUT2D eigenvalue weighted by molar-refractivity contribution is 7.99. The Morgan fingerprint density at radius 1 is 1.59 bits per heavy atom. The number of carboxylic acid groups (broad SMARTS) is 1. The van der Waals surface area contributed by atoms with Gasteiger partial charge in [0.1, 0.15) is 5.25 Å². The standard InChI is InChI=1S/C9H11NO6S/c1-17-5-4-15-10(7(5)12)9(8(13)14)3-2-6(11)16-9/h5H,2-4H2,1H3,(H,13,14)/t5-,9?/m0/s1. The molecule has 2 aliphatic heterocycles. The van der Waals surface area contributed by atoms with Crippen molar-refractivity contribution in [2.75, 3.05) is 12.9 Å². The topological polar surface area (TPSA) is 93.1 Å². The maximum absolute atomic E-state index is 11.9. The van der Waals surface area contributed by atoms with E-state index in [4.69, 9.17) is 14.7 Å². The minimum Gasteiger partial charge on any atom is -0.477 e. The zero-order chi connectivity index (χ0) is 12.6. The summed E-state index contributed by atoms with van der Waals surface area (Å²) in [7, 11) is 0. The number of thioether (sulfide) groups is 1. The molecule has 17 heavy (non-hydrogen) atoms. The first-order valence-electron chi connectivity index (χ1n) is 4.96. The minimum atomic E-state index is -1.99. The second-order valence-corrected chi connectivity index (χ2v) is 4.76. The van der Waals surface area contributed by atoms with Gasteiger partial charge in [0.15, 0.2) is 0 Å². The molecule has 0 aromatic carbocycles. The van der Waals surface area contributed by atoms with Crippen LogP contribution in [-0.4, -0.2) is 51.9 Å². The van der Waals surface area contributed by atoms with Crippen LogP contribution in [0.5, 0.6) is 0 Å². The molecule has 7 nitrogen and oxygen atoms in total. The van der Waals surface area contributed by atoms with E-state index in [0.717, 1.165) is 0 Å². The van der Waals surface area contributed by atoms with Gasteiger partial charge in [0, 0.05) is 6.42 Å². The van der Waals surface area contributed by atoms with Gasteiger partial charge in [-0.25, -0.2) is 4.79 Å². The van der Waals surface area contributed by atoms with Crippen LogP contribution in [0, 0.1) is 0 Å². The van der Waals surface area contributed by atoms with Gasteiger partial charge >= 0.3 is 17.7 Å². The van der Waals surface area contributed by atoms with Gasteiger partial charge in [-0.1, -0.05) is 0 Å². The summed E-state index contributed by atoms with van der Waals surface area (Å²) in [5.74, 6) is -2.51. The summed E-state index contributed by atoms with van der Waals surface area (Å²) in [6.07, 6.45) is 1.60. The second-order valence-electron chi connectivity index (χ2n) is 3.72. The zero-order valence-electron chi connectivity index (χ0n) is 9.04. The van der Waals surface area contributed by atoms with E-state index < -0.39 is 28.8 Å². The lowest BCUT2D eigenvalue weighted by molar-refractivity contribution is -0.256. The largest absolute Gasteiger partial charge is 0.477 e. The number of cyclic esters (lactones) is 1. The lowest BCUT2D eigenvalue weighted by Gasteiger charge is -2.30. The van der Waals surface area contributed by atoms with E-state index in [1.165, 1.54) is 11.8 Å². The van der Waals surface area contributed by atoms with Gasteiger partial charge in [-0.05, 0) is 6.26 Å². The Bertz CT molecular complexity index is 386. The summed E-state index contributed by atoms with van der Waals surface area (Å²) in [6, 6.07) is 0. The van der Waals surface area contributed by atoms with E-state index >= 15 is 0 Å². The normalized spacial score (nSPS) is 33.0. The van der Waals surface area contributed by atoms with Crippen LogP contribution in [0.2, 0.25) is 0 Å². The number of rotatable bonds is 3. The van der Waals surface area contributed by atoms with Gasteiger partial charge in [-0.15, -0.1) is 11.8 Å². The minimum absolute atomic E-state index is 0.0383. The highest BCUT2D eigenvalue weighted by Gasteiger charge is 2.58. The molecule has 2 aliphatic rings. The number of carboxylic acids is 1. The predicted molar refractivity (Wildman–Crippen MR) is 55.8 cm³/mol. The van der Waals surface area contributed by atoms with Crippen LogP contribution in [0.25, 0.3) is 0 Å². The van der Waals surface area contributed by atoms with E-state index in [9.17, 15) is 14.4 Å². The SMILES string of the molecule is CS[C@H]1CON(C2(C(=O)O)CCC(=O)O2)C1=O. The lowest BCUT2D eigenvalue weighted by atomic mass is 10.1. The maximum Gasteiger partial charge on any atom is 0.372 e. The van der Waals surface area contributed by atoms with E-state index in [1.54, 1.807) is 6.26 Å². The number of ether oxygens (including phenoxy) is 1. The molecule has 8 heteroatoms. The Kier molecular flexibility index (Phi) is 3.00. The predicted octanol–water partition coefficient (Wildman–Crippen LogP) is -0.390. The first kappa shape index (κ1) is 12.2. The van der Waals surface area contributed by atoms with Gasteiger partial charge < -0.3 is 9.84 Å². The number of hydrogen-bond acceptors (Lipinski definition) is 6. The molecular weight excluding hydrogens is 250 g/mol. The quantitative estimate of drug-likeness (QED) is 0.691. The van der Waals surface area contributed by atoms with Gasteiger partial charge in [-0.2, -0.15) is 5.06 Å². The number of carbonyl (C=O) groups excluding carboxylic acids is 2. The van der Waals surface area contributed by atoms with Gasteiger partial charge in [-0.3, -0.25) is 14.4 Å². The van der Waals surface area contributed by atoms with Crippen LogP contribution in [0.1, 0.15) is 12.8 Å². The molecule has 2 heterocycles. The molecule has 2 atom stereocenters. The summed E-state index contributed by atoms with van der Waals surface area (Å²) in [4.78, 5) is 39.3. The first-order valence-corrected chi connectivity index (χ1v) is 6.25. The molecule has 0 spiro atoms. The maximum atomic E-state index is 11.9. The molecule has 2 fully saturated rings. The molecule has 0 aromatic heterocycles. The second kappa shape index (κ2) is 4.19. The summed E-state index contributed by atoms with van der Waals surface area (Å²) in [6.45, 7) is 0.0899. The summed E-state index contributed by atoms with van der Waals surface area (Å²) in [5.41, 5.74) is -1.99. The van der Waals surface area contributed by atoms with Crippen molar-refractivity contribution in [2.24, 2.45) is 0 Å². The van der Waals surface area contributed by atoms with Crippen molar-refractivity contribution in [3.05, 3.63) is 0 Å². The van der Waals surface area contributed by atoms with Gasteiger partial charge in [0.2, 0.25) is 0 Å². The summed E-state index contributed by atoms with van der Waals surface area (Å²) < 4.78 is 4.79. The Labute approximate surface area is 101 Å². The third-order valence-corrected chi connectivity index (χ3v) is 3.63. The number of hydroxylamine groups is 2. The lowest BCUT2D eigenvalue weighted by Crippen LogP contribution is -2.55. The molecule has 1 unspecified atom stereocenters. The van der Waals surface area contributed by atoms with Crippen molar-refractivity contribution in [1.82, 2.24) is 5.06 Å². The average Bonchev–Trinajstić information content (AvgIpc) is 2.83. The fourth-order valence-corrected chi connectivity index (χ4v) is 2.30. The van der Waals surface area contributed by atoms with Gasteiger partial charge in [0.25, 0.3) is 5.91 Å². The smallest absolute Gasteiger partial charge is 0.372 e. The summed E-state index contributed by atoms with van der Waals surface area (Å²) in [5, 5.41) is 9.40. The van der Waals surface area contributed by atoms with Crippen LogP contribution < -0.4 is 0 Å². The Morgan fingerprint density at radius 3 is 2.71 bits per heavy atom. The van der Waals surface area contributed by atoms with Crippen molar-refractivity contribution >= 4 is 29.6 Å². The number of nitrogens with zero attached hydrogens (tertiary/aromatic N) is 1. The van der Waals surface area contributed by atoms with Crippen LogP contribution in [0.3, 0.4) is 0 Å². The zero-order valence-corrected chi connectivity index (χ0v) is 9.86. The number of esters is 1. The molecular formula is C9H11NO6S. The molecule has 0 radical (unpaired) electrons. The molecule has 0 aliphatic carbocycles. The molecule has 0 saturated carbocycles. The van der Waals surface area contributed by atoms with Crippen molar-refractivity contribution in [3.8, 4) is 0 Å². The molecule has 1 N–H and O–H groups in total. The Morgan fingerprint density at radius 2 is 2.29 bits per heavy atom. The van der Waals surface area contributed by atoms with Gasteiger partial charge in [0.05, 0.1) is 13.0 Å². The molecule has 0 aromatic rings. The van der Waals surface area contributed by atoms with Crippen molar-refractivity contribution < 1.29 is 29.1 Å².